The molecule has 0 atom stereocenters. The number of nitrogens with one attached hydrogen (secondary N) is 1. The van der Waals surface area contributed by atoms with Gasteiger partial charge in [-0.25, -0.2) is 0 Å². The first kappa shape index (κ1) is 18.8. The summed E-state index contributed by atoms with van der Waals surface area (Å²) >= 11 is 0. The minimum Gasteiger partial charge on any atom is -0.347 e. The van der Waals surface area contributed by atoms with E-state index in [1.807, 2.05) is 17.9 Å². The van der Waals surface area contributed by atoms with Crippen LogP contribution in [0, 0.1) is 5.41 Å². The number of likely N-dealkylation sites (tertiary alicyclic amines) is 1. The molecule has 2 aromatic heterocycles. The standard InChI is InChI=1S/C21H31N7O/c1-26-13-16(12-22-26)14-27-10-8-21(9-11-27)7-6-18-24-25-19(28(18)15-21)20(29)23-17-4-2-3-5-17/h12-13,17H,2-11,14-15H2,1H3,(H,23,29). The van der Waals surface area contributed by atoms with Gasteiger partial charge in [0.1, 0.15) is 5.82 Å². The lowest BCUT2D eigenvalue weighted by Crippen LogP contribution is -2.45. The molecule has 2 aliphatic heterocycles. The summed E-state index contributed by atoms with van der Waals surface area (Å²) in [5, 5.41) is 16.1. The molecular formula is C21H31N7O. The largest absolute Gasteiger partial charge is 0.347 e. The third kappa shape index (κ3) is 3.82. The lowest BCUT2D eigenvalue weighted by Gasteiger charge is -2.44. The maximum absolute atomic E-state index is 12.8. The van der Waals surface area contributed by atoms with E-state index in [-0.39, 0.29) is 11.3 Å². The molecule has 0 bridgehead atoms. The van der Waals surface area contributed by atoms with Crippen molar-refractivity contribution in [1.82, 2.24) is 34.8 Å². The van der Waals surface area contributed by atoms with Crippen LogP contribution in [0.1, 0.15) is 67.0 Å². The molecule has 156 valence electrons. The normalized spacial score (nSPS) is 22.1. The molecular weight excluding hydrogens is 366 g/mol. The Kier molecular flexibility index (Phi) is 4.89. The van der Waals surface area contributed by atoms with E-state index in [0.717, 1.165) is 70.5 Å². The van der Waals surface area contributed by atoms with E-state index in [1.54, 1.807) is 0 Å². The number of aryl methyl sites for hydroxylation is 2. The molecule has 1 N–H and O–H groups in total. The number of nitrogens with zero attached hydrogens (tertiary/aromatic N) is 6. The van der Waals surface area contributed by atoms with Gasteiger partial charge in [-0.15, -0.1) is 10.2 Å². The quantitative estimate of drug-likeness (QED) is 0.852. The van der Waals surface area contributed by atoms with E-state index in [1.165, 1.54) is 18.4 Å². The SMILES string of the molecule is Cn1cc(CN2CCC3(CCc4nnc(C(=O)NC5CCCC5)n4C3)CC2)cn1. The van der Waals surface area contributed by atoms with Crippen molar-refractivity contribution in [3.05, 3.63) is 29.6 Å². The Balaban J connectivity index is 1.23. The molecule has 5 rings (SSSR count). The minimum absolute atomic E-state index is 0.0401. The Bertz CT molecular complexity index is 871. The van der Waals surface area contributed by atoms with Gasteiger partial charge in [-0.2, -0.15) is 5.10 Å². The summed E-state index contributed by atoms with van der Waals surface area (Å²) in [4.78, 5) is 15.3. The van der Waals surface area contributed by atoms with Crippen molar-refractivity contribution in [3.63, 3.8) is 0 Å². The highest BCUT2D eigenvalue weighted by Gasteiger charge is 2.40. The molecule has 1 spiro atoms. The molecule has 0 aromatic carbocycles. The molecule has 2 aromatic rings. The zero-order valence-electron chi connectivity index (χ0n) is 17.3. The zero-order valence-corrected chi connectivity index (χ0v) is 17.3. The average molecular weight is 398 g/mol. The summed E-state index contributed by atoms with van der Waals surface area (Å²) in [6.45, 7) is 4.03. The number of amides is 1. The number of fused-ring (bicyclic) bond motifs is 1. The summed E-state index contributed by atoms with van der Waals surface area (Å²) in [6.07, 6.45) is 13.1. The van der Waals surface area contributed by atoms with Crippen LogP contribution in [0.15, 0.2) is 12.4 Å². The molecule has 8 nitrogen and oxygen atoms in total. The van der Waals surface area contributed by atoms with Gasteiger partial charge < -0.3 is 9.88 Å². The molecule has 1 saturated carbocycles. The Morgan fingerprint density at radius 1 is 1.21 bits per heavy atom. The molecule has 8 heteroatoms. The van der Waals surface area contributed by atoms with E-state index in [9.17, 15) is 4.79 Å². The summed E-state index contributed by atoms with van der Waals surface area (Å²) in [5.41, 5.74) is 1.54. The maximum atomic E-state index is 12.8. The molecule has 4 heterocycles. The number of carbonyl (C=O) groups is 1. The second kappa shape index (κ2) is 7.55. The average Bonchev–Trinajstić information content (AvgIpc) is 3.45. The fourth-order valence-electron chi connectivity index (χ4n) is 5.37. The maximum Gasteiger partial charge on any atom is 0.289 e. The zero-order chi connectivity index (χ0) is 19.8. The molecule has 1 saturated heterocycles. The van der Waals surface area contributed by atoms with Crippen LogP contribution in [0.5, 0.6) is 0 Å². The number of rotatable bonds is 4. The van der Waals surface area contributed by atoms with Crippen molar-refractivity contribution in [2.45, 2.75) is 70.5 Å². The van der Waals surface area contributed by atoms with E-state index in [4.69, 9.17) is 0 Å². The predicted octanol–water partition coefficient (Wildman–Crippen LogP) is 1.91. The van der Waals surface area contributed by atoms with Gasteiger partial charge >= 0.3 is 0 Å². The van der Waals surface area contributed by atoms with Crippen LogP contribution >= 0.6 is 0 Å². The van der Waals surface area contributed by atoms with Gasteiger partial charge in [0.2, 0.25) is 5.82 Å². The summed E-state index contributed by atoms with van der Waals surface area (Å²) < 4.78 is 3.98. The number of carbonyl (C=O) groups excluding carboxylic acids is 1. The van der Waals surface area contributed by atoms with Crippen molar-refractivity contribution in [1.29, 1.82) is 0 Å². The fourth-order valence-corrected chi connectivity index (χ4v) is 5.37. The van der Waals surface area contributed by atoms with Crippen LogP contribution < -0.4 is 5.32 Å². The summed E-state index contributed by atoms with van der Waals surface area (Å²) in [5.74, 6) is 1.45. The molecule has 0 unspecified atom stereocenters. The monoisotopic (exact) mass is 397 g/mol. The first-order valence-corrected chi connectivity index (χ1v) is 11.0. The second-order valence-electron chi connectivity index (χ2n) is 9.28. The van der Waals surface area contributed by atoms with Crippen molar-refractivity contribution in [3.8, 4) is 0 Å². The van der Waals surface area contributed by atoms with E-state index < -0.39 is 0 Å². The van der Waals surface area contributed by atoms with Crippen molar-refractivity contribution >= 4 is 5.91 Å². The highest BCUT2D eigenvalue weighted by molar-refractivity contribution is 5.91. The van der Waals surface area contributed by atoms with E-state index in [2.05, 4.69) is 36.3 Å². The Hall–Kier alpha value is -2.22. The molecule has 1 aliphatic carbocycles. The Morgan fingerprint density at radius 2 is 2.00 bits per heavy atom. The van der Waals surface area contributed by atoms with Crippen LogP contribution in [0.3, 0.4) is 0 Å². The van der Waals surface area contributed by atoms with Gasteiger partial charge in [0.25, 0.3) is 5.91 Å². The van der Waals surface area contributed by atoms with Gasteiger partial charge in [-0.3, -0.25) is 14.4 Å². The lowest BCUT2D eigenvalue weighted by molar-refractivity contribution is 0.0617. The first-order chi connectivity index (χ1) is 14.1. The van der Waals surface area contributed by atoms with Crippen molar-refractivity contribution < 1.29 is 4.79 Å². The number of piperidine rings is 1. The van der Waals surface area contributed by atoms with Crippen molar-refractivity contribution in [2.75, 3.05) is 13.1 Å². The number of hydrogen-bond acceptors (Lipinski definition) is 5. The highest BCUT2D eigenvalue weighted by atomic mass is 16.2. The molecule has 29 heavy (non-hydrogen) atoms. The van der Waals surface area contributed by atoms with E-state index >= 15 is 0 Å². The van der Waals surface area contributed by atoms with Crippen LogP contribution in [0.2, 0.25) is 0 Å². The number of aromatic nitrogens is 5. The van der Waals surface area contributed by atoms with Gasteiger partial charge in [0.05, 0.1) is 6.20 Å². The molecule has 3 aliphatic rings. The molecule has 1 amide bonds. The Labute approximate surface area is 171 Å². The highest BCUT2D eigenvalue weighted by Crippen LogP contribution is 2.41. The summed E-state index contributed by atoms with van der Waals surface area (Å²) in [7, 11) is 1.97. The van der Waals surface area contributed by atoms with Gasteiger partial charge in [-0.05, 0) is 50.6 Å². The number of hydrogen-bond donors (Lipinski definition) is 1. The minimum atomic E-state index is -0.0401. The van der Waals surface area contributed by atoms with Crippen LogP contribution in [0.25, 0.3) is 0 Å². The molecule has 2 fully saturated rings. The lowest BCUT2D eigenvalue weighted by atomic mass is 9.73. The predicted molar refractivity (Wildman–Crippen MR) is 108 cm³/mol. The third-order valence-electron chi connectivity index (χ3n) is 7.17. The topological polar surface area (TPSA) is 80.9 Å². The second-order valence-corrected chi connectivity index (χ2v) is 9.28. The smallest absolute Gasteiger partial charge is 0.289 e. The Morgan fingerprint density at radius 3 is 2.72 bits per heavy atom. The van der Waals surface area contributed by atoms with Gasteiger partial charge in [-0.1, -0.05) is 12.8 Å². The summed E-state index contributed by atoms with van der Waals surface area (Å²) in [6, 6.07) is 0.309. The van der Waals surface area contributed by atoms with E-state index in [0.29, 0.717) is 11.9 Å². The van der Waals surface area contributed by atoms with Crippen molar-refractivity contribution in [2.24, 2.45) is 12.5 Å². The fraction of sp³-hybridized carbons (Fsp3) is 0.714. The first-order valence-electron chi connectivity index (χ1n) is 11.0. The van der Waals surface area contributed by atoms with Crippen LogP contribution in [-0.2, 0) is 26.6 Å². The van der Waals surface area contributed by atoms with Gasteiger partial charge in [0, 0.05) is 44.4 Å². The van der Waals surface area contributed by atoms with Crippen LogP contribution in [0.4, 0.5) is 0 Å². The van der Waals surface area contributed by atoms with Gasteiger partial charge in [0.15, 0.2) is 0 Å². The third-order valence-corrected chi connectivity index (χ3v) is 7.17. The molecule has 0 radical (unpaired) electrons. The van der Waals surface area contributed by atoms with Crippen LogP contribution in [-0.4, -0.2) is 54.5 Å².